The molecule has 0 saturated carbocycles. The molecule has 1 aromatic carbocycles. The summed E-state index contributed by atoms with van der Waals surface area (Å²) < 4.78 is 15.1. The molecule has 0 aliphatic carbocycles. The van der Waals surface area contributed by atoms with E-state index in [1.807, 2.05) is 0 Å². The van der Waals surface area contributed by atoms with E-state index in [0.29, 0.717) is 21.8 Å². The number of hydrogen-bond acceptors (Lipinski definition) is 2. The Morgan fingerprint density at radius 3 is 2.83 bits per heavy atom. The summed E-state index contributed by atoms with van der Waals surface area (Å²) in [6.45, 7) is 1.75. The molecular weight excluding hydrogens is 255 g/mol. The van der Waals surface area contributed by atoms with Gasteiger partial charge in [-0.2, -0.15) is 5.10 Å². The first kappa shape index (κ1) is 12.8. The number of aromatic nitrogens is 2. The molecule has 18 heavy (non-hydrogen) atoms. The van der Waals surface area contributed by atoms with Gasteiger partial charge in [-0.15, -0.1) is 0 Å². The summed E-state index contributed by atoms with van der Waals surface area (Å²) >= 11 is 5.79. The summed E-state index contributed by atoms with van der Waals surface area (Å²) in [7, 11) is 1.74. The van der Waals surface area contributed by atoms with Gasteiger partial charge in [0.1, 0.15) is 5.82 Å². The van der Waals surface area contributed by atoms with Gasteiger partial charge in [0.25, 0.3) is 0 Å². The van der Waals surface area contributed by atoms with Crippen LogP contribution >= 0.6 is 11.6 Å². The maximum Gasteiger partial charge on any atom is 0.170 e. The van der Waals surface area contributed by atoms with Gasteiger partial charge in [0.15, 0.2) is 5.78 Å². The second-order valence-corrected chi connectivity index (χ2v) is 4.57. The minimum absolute atomic E-state index is 0.0150. The number of benzene rings is 1. The van der Waals surface area contributed by atoms with Gasteiger partial charge in [0, 0.05) is 24.7 Å². The van der Waals surface area contributed by atoms with Crippen LogP contribution in [0.3, 0.4) is 0 Å². The zero-order valence-electron chi connectivity index (χ0n) is 10.1. The van der Waals surface area contributed by atoms with Crippen LogP contribution in [0.25, 0.3) is 0 Å². The van der Waals surface area contributed by atoms with Crippen molar-refractivity contribution in [3.63, 3.8) is 0 Å². The van der Waals surface area contributed by atoms with Gasteiger partial charge in [-0.3, -0.25) is 9.48 Å². The molecule has 94 valence electrons. The maximum atomic E-state index is 13.5. The lowest BCUT2D eigenvalue weighted by molar-refractivity contribution is 0.0991. The van der Waals surface area contributed by atoms with Gasteiger partial charge < -0.3 is 0 Å². The lowest BCUT2D eigenvalue weighted by Crippen LogP contribution is -2.05. The van der Waals surface area contributed by atoms with Gasteiger partial charge in [0.05, 0.1) is 11.3 Å². The Kier molecular flexibility index (Phi) is 3.48. The molecule has 3 nitrogen and oxygen atoms in total. The highest BCUT2D eigenvalue weighted by molar-refractivity contribution is 6.30. The van der Waals surface area contributed by atoms with Crippen LogP contribution in [0.15, 0.2) is 24.4 Å². The summed E-state index contributed by atoms with van der Waals surface area (Å²) in [5, 5.41) is 4.51. The number of carbonyl (C=O) groups excluding carboxylic acids is 1. The van der Waals surface area contributed by atoms with E-state index >= 15 is 0 Å². The molecule has 0 amide bonds. The van der Waals surface area contributed by atoms with Crippen molar-refractivity contribution < 1.29 is 9.18 Å². The fourth-order valence-corrected chi connectivity index (χ4v) is 2.02. The fourth-order valence-electron chi connectivity index (χ4n) is 1.82. The van der Waals surface area contributed by atoms with Crippen molar-refractivity contribution in [3.05, 3.63) is 52.1 Å². The minimum atomic E-state index is -0.422. The van der Waals surface area contributed by atoms with Crippen LogP contribution in [-0.4, -0.2) is 15.6 Å². The standard InChI is InChI=1S/C13H12ClFN2O/c1-8-11(7-17(2)16-8)13(18)6-9-5-10(14)3-4-12(9)15/h3-5,7H,6H2,1-2H3. The number of Topliss-reactive ketones (excluding diaryl/α,β-unsaturated/α-hetero) is 1. The molecule has 5 heteroatoms. The molecule has 1 aromatic heterocycles. The van der Waals surface area contributed by atoms with Crippen LogP contribution in [0.2, 0.25) is 5.02 Å². The van der Waals surface area contributed by atoms with Crippen molar-refractivity contribution >= 4 is 17.4 Å². The molecule has 0 bridgehead atoms. The number of carbonyl (C=O) groups is 1. The number of nitrogens with zero attached hydrogens (tertiary/aromatic N) is 2. The van der Waals surface area contributed by atoms with Crippen LogP contribution in [0.5, 0.6) is 0 Å². The molecular formula is C13H12ClFN2O. The van der Waals surface area contributed by atoms with Crippen LogP contribution in [-0.2, 0) is 13.5 Å². The highest BCUT2D eigenvalue weighted by atomic mass is 35.5. The minimum Gasteiger partial charge on any atom is -0.294 e. The van der Waals surface area contributed by atoms with Gasteiger partial charge in [0.2, 0.25) is 0 Å². The Morgan fingerprint density at radius 1 is 1.50 bits per heavy atom. The second-order valence-electron chi connectivity index (χ2n) is 4.14. The van der Waals surface area contributed by atoms with Crippen LogP contribution in [0, 0.1) is 12.7 Å². The van der Waals surface area contributed by atoms with Gasteiger partial charge >= 0.3 is 0 Å². The first-order valence-electron chi connectivity index (χ1n) is 5.44. The molecule has 1 heterocycles. The monoisotopic (exact) mass is 266 g/mol. The molecule has 0 radical (unpaired) electrons. The Balaban J connectivity index is 2.26. The second kappa shape index (κ2) is 4.90. The van der Waals surface area contributed by atoms with Crippen molar-refractivity contribution in [2.24, 2.45) is 7.05 Å². The SMILES string of the molecule is Cc1nn(C)cc1C(=O)Cc1cc(Cl)ccc1F. The lowest BCUT2D eigenvalue weighted by atomic mass is 10.0. The van der Waals surface area contributed by atoms with E-state index < -0.39 is 5.82 Å². The first-order valence-corrected chi connectivity index (χ1v) is 5.82. The highest BCUT2D eigenvalue weighted by Crippen LogP contribution is 2.17. The number of ketones is 1. The Bertz CT molecular complexity index is 607. The number of aryl methyl sites for hydroxylation is 2. The van der Waals surface area contributed by atoms with Crippen molar-refractivity contribution in [1.29, 1.82) is 0 Å². The van der Waals surface area contributed by atoms with E-state index in [4.69, 9.17) is 11.6 Å². The van der Waals surface area contributed by atoms with E-state index in [9.17, 15) is 9.18 Å². The molecule has 0 saturated heterocycles. The van der Waals surface area contributed by atoms with E-state index in [1.54, 1.807) is 24.9 Å². The quantitative estimate of drug-likeness (QED) is 0.801. The summed E-state index contributed by atoms with van der Waals surface area (Å²) in [5.74, 6) is -0.587. The predicted octanol–water partition coefficient (Wildman–Crippen LogP) is 2.95. The average molecular weight is 267 g/mol. The Morgan fingerprint density at radius 2 is 2.22 bits per heavy atom. The third kappa shape index (κ3) is 2.59. The largest absolute Gasteiger partial charge is 0.294 e. The molecule has 0 unspecified atom stereocenters. The smallest absolute Gasteiger partial charge is 0.170 e. The van der Waals surface area contributed by atoms with Gasteiger partial charge in [-0.25, -0.2) is 4.39 Å². The summed E-state index contributed by atoms with van der Waals surface area (Å²) in [5.41, 5.74) is 1.46. The molecule has 0 N–H and O–H groups in total. The number of halogens is 2. The van der Waals surface area contributed by atoms with Gasteiger partial charge in [-0.1, -0.05) is 11.6 Å². The van der Waals surface area contributed by atoms with E-state index in [1.165, 1.54) is 18.2 Å². The number of hydrogen-bond donors (Lipinski definition) is 0. The van der Waals surface area contributed by atoms with Crippen LogP contribution < -0.4 is 0 Å². The lowest BCUT2D eigenvalue weighted by Gasteiger charge is -2.02. The van der Waals surface area contributed by atoms with Crippen LogP contribution in [0.1, 0.15) is 21.6 Å². The molecule has 0 spiro atoms. The van der Waals surface area contributed by atoms with Crippen molar-refractivity contribution in [2.45, 2.75) is 13.3 Å². The Labute approximate surface area is 109 Å². The predicted molar refractivity (Wildman–Crippen MR) is 67.4 cm³/mol. The number of rotatable bonds is 3. The Hall–Kier alpha value is -1.68. The molecule has 0 aliphatic heterocycles. The van der Waals surface area contributed by atoms with Crippen molar-refractivity contribution in [2.75, 3.05) is 0 Å². The zero-order chi connectivity index (χ0) is 13.3. The normalized spacial score (nSPS) is 10.7. The molecule has 2 aromatic rings. The first-order chi connectivity index (χ1) is 8.47. The molecule has 0 aliphatic rings. The fraction of sp³-hybridized carbons (Fsp3) is 0.231. The molecule has 0 fully saturated rings. The zero-order valence-corrected chi connectivity index (χ0v) is 10.8. The highest BCUT2D eigenvalue weighted by Gasteiger charge is 2.15. The maximum absolute atomic E-state index is 13.5. The molecule has 2 rings (SSSR count). The summed E-state index contributed by atoms with van der Waals surface area (Å²) in [6.07, 6.45) is 1.62. The summed E-state index contributed by atoms with van der Waals surface area (Å²) in [6, 6.07) is 4.20. The van der Waals surface area contributed by atoms with E-state index in [-0.39, 0.29) is 12.2 Å². The van der Waals surface area contributed by atoms with Crippen molar-refractivity contribution in [1.82, 2.24) is 9.78 Å². The van der Waals surface area contributed by atoms with Gasteiger partial charge in [-0.05, 0) is 30.7 Å². The topological polar surface area (TPSA) is 34.9 Å². The third-order valence-electron chi connectivity index (χ3n) is 2.67. The third-order valence-corrected chi connectivity index (χ3v) is 2.91. The average Bonchev–Trinajstić information content (AvgIpc) is 2.63. The van der Waals surface area contributed by atoms with Crippen LogP contribution in [0.4, 0.5) is 4.39 Å². The molecule has 0 atom stereocenters. The summed E-state index contributed by atoms with van der Waals surface area (Å²) in [4.78, 5) is 12.0. The van der Waals surface area contributed by atoms with E-state index in [0.717, 1.165) is 0 Å². The van der Waals surface area contributed by atoms with Crippen molar-refractivity contribution in [3.8, 4) is 0 Å². The van der Waals surface area contributed by atoms with E-state index in [2.05, 4.69) is 5.10 Å².